The molecule has 0 atom stereocenters. The third kappa shape index (κ3) is 5.32. The van der Waals surface area contributed by atoms with Crippen molar-refractivity contribution in [3.63, 3.8) is 0 Å². The van der Waals surface area contributed by atoms with Crippen molar-refractivity contribution in [3.05, 3.63) is 21.5 Å². The highest BCUT2D eigenvalue weighted by molar-refractivity contribution is 14.1. The number of nitrogens with one attached hydrogen (secondary N) is 1. The Morgan fingerprint density at radius 3 is 2.60 bits per heavy atom. The summed E-state index contributed by atoms with van der Waals surface area (Å²) >= 11 is 1.98. The van der Waals surface area contributed by atoms with Crippen molar-refractivity contribution in [2.45, 2.75) is 33.3 Å². The molecule has 1 amide bonds. The van der Waals surface area contributed by atoms with E-state index in [4.69, 9.17) is 9.47 Å². The minimum absolute atomic E-state index is 0.247. The Labute approximate surface area is 131 Å². The molecule has 0 aliphatic carbocycles. The molecule has 7 heteroatoms. The first kappa shape index (κ1) is 16.7. The normalized spacial score (nSPS) is 10.8. The molecule has 0 bridgehead atoms. The van der Waals surface area contributed by atoms with Crippen LogP contribution in [0.25, 0.3) is 0 Å². The van der Waals surface area contributed by atoms with Crippen molar-refractivity contribution in [1.82, 2.24) is 4.98 Å². The zero-order valence-corrected chi connectivity index (χ0v) is 14.0. The van der Waals surface area contributed by atoms with Crippen LogP contribution in [0.2, 0.25) is 0 Å². The maximum absolute atomic E-state index is 11.8. The third-order valence-corrected chi connectivity index (χ3v) is 2.59. The molecule has 0 aliphatic rings. The van der Waals surface area contributed by atoms with Crippen LogP contribution >= 0.6 is 22.6 Å². The highest BCUT2D eigenvalue weighted by Crippen LogP contribution is 2.19. The summed E-state index contributed by atoms with van der Waals surface area (Å²) in [6.07, 6.45) is 0.754. The summed E-state index contributed by atoms with van der Waals surface area (Å²) in [7, 11) is 0. The van der Waals surface area contributed by atoms with Gasteiger partial charge in [-0.15, -0.1) is 0 Å². The van der Waals surface area contributed by atoms with E-state index in [9.17, 15) is 9.59 Å². The molecular weight excluding hydrogens is 375 g/mol. The maximum Gasteiger partial charge on any atom is 0.412 e. The van der Waals surface area contributed by atoms with E-state index < -0.39 is 17.7 Å². The Morgan fingerprint density at radius 2 is 2.05 bits per heavy atom. The number of amides is 1. The molecule has 1 aromatic rings. The Bertz CT molecular complexity index is 512. The molecule has 0 unspecified atom stereocenters. The fourth-order valence-corrected chi connectivity index (χ4v) is 1.77. The topological polar surface area (TPSA) is 77.5 Å². The van der Waals surface area contributed by atoms with Crippen molar-refractivity contribution in [2.75, 3.05) is 11.9 Å². The molecule has 0 aromatic carbocycles. The summed E-state index contributed by atoms with van der Waals surface area (Å²) in [5, 5.41) is 2.51. The van der Waals surface area contributed by atoms with Crippen LogP contribution in [0.15, 0.2) is 12.3 Å². The second-order valence-corrected chi connectivity index (χ2v) is 6.01. The number of ether oxygens (including phenoxy) is 2. The van der Waals surface area contributed by atoms with Crippen LogP contribution in [-0.2, 0) is 9.47 Å². The van der Waals surface area contributed by atoms with Crippen LogP contribution in [0, 0.1) is 3.70 Å². The molecule has 0 aliphatic heterocycles. The minimum Gasteiger partial charge on any atom is -0.462 e. The van der Waals surface area contributed by atoms with Gasteiger partial charge >= 0.3 is 12.1 Å². The fraction of sp³-hybridized carbons (Fsp3) is 0.462. The second kappa shape index (κ2) is 6.87. The summed E-state index contributed by atoms with van der Waals surface area (Å²) in [6, 6.07) is 1.55. The number of carbonyl (C=O) groups is 2. The first-order chi connectivity index (χ1) is 9.23. The predicted octanol–water partition coefficient (Wildman–Crippen LogP) is 3.21. The molecular formula is C13H17IN2O4. The SMILES string of the molecule is CCOC(=O)c1cc(I)ncc1NC(=O)OC(C)(C)C. The van der Waals surface area contributed by atoms with E-state index in [0.717, 1.165) is 0 Å². The number of halogens is 1. The van der Waals surface area contributed by atoms with Gasteiger partial charge in [0.05, 0.1) is 24.1 Å². The molecule has 0 fully saturated rings. The smallest absolute Gasteiger partial charge is 0.412 e. The lowest BCUT2D eigenvalue weighted by Gasteiger charge is -2.20. The molecule has 0 saturated heterocycles. The lowest BCUT2D eigenvalue weighted by Crippen LogP contribution is -2.28. The van der Waals surface area contributed by atoms with E-state index in [1.807, 2.05) is 22.6 Å². The molecule has 6 nitrogen and oxygen atoms in total. The van der Waals surface area contributed by atoms with Crippen molar-refractivity contribution in [1.29, 1.82) is 0 Å². The zero-order valence-electron chi connectivity index (χ0n) is 11.8. The Balaban J connectivity index is 2.94. The zero-order chi connectivity index (χ0) is 15.3. The first-order valence-electron chi connectivity index (χ1n) is 6.05. The highest BCUT2D eigenvalue weighted by Gasteiger charge is 2.20. The van der Waals surface area contributed by atoms with E-state index in [1.165, 1.54) is 6.20 Å². The minimum atomic E-state index is -0.647. The molecule has 0 radical (unpaired) electrons. The largest absolute Gasteiger partial charge is 0.462 e. The number of hydrogen-bond acceptors (Lipinski definition) is 5. The van der Waals surface area contributed by atoms with Gasteiger partial charge in [0.15, 0.2) is 0 Å². The molecule has 0 spiro atoms. The van der Waals surface area contributed by atoms with Gasteiger partial charge in [0.2, 0.25) is 0 Å². The van der Waals surface area contributed by atoms with E-state index in [-0.39, 0.29) is 17.9 Å². The van der Waals surface area contributed by atoms with Crippen molar-refractivity contribution in [3.8, 4) is 0 Å². The number of pyridine rings is 1. The Hall–Kier alpha value is -1.38. The molecule has 0 saturated carbocycles. The van der Waals surface area contributed by atoms with Gasteiger partial charge in [-0.3, -0.25) is 5.32 Å². The molecule has 1 N–H and O–H groups in total. The van der Waals surface area contributed by atoms with E-state index in [1.54, 1.807) is 33.8 Å². The average molecular weight is 392 g/mol. The number of anilines is 1. The number of esters is 1. The van der Waals surface area contributed by atoms with Crippen molar-refractivity contribution in [2.24, 2.45) is 0 Å². The molecule has 20 heavy (non-hydrogen) atoms. The monoisotopic (exact) mass is 392 g/mol. The molecule has 1 aromatic heterocycles. The second-order valence-electron chi connectivity index (χ2n) is 4.90. The number of hydrogen-bond donors (Lipinski definition) is 1. The Kier molecular flexibility index (Phi) is 5.73. The van der Waals surface area contributed by atoms with Gasteiger partial charge in [0.25, 0.3) is 0 Å². The standard InChI is InChI=1S/C13H17IN2O4/c1-5-19-11(17)8-6-10(14)15-7-9(8)16-12(18)20-13(2,3)4/h6-7H,5H2,1-4H3,(H,16,18). The molecule has 1 rings (SSSR count). The van der Waals surface area contributed by atoms with Gasteiger partial charge in [-0.25, -0.2) is 14.6 Å². The summed E-state index contributed by atoms with van der Waals surface area (Å²) in [5.74, 6) is -0.515. The lowest BCUT2D eigenvalue weighted by molar-refractivity contribution is 0.0527. The van der Waals surface area contributed by atoms with Crippen LogP contribution in [0.5, 0.6) is 0 Å². The van der Waals surface area contributed by atoms with Gasteiger partial charge in [0.1, 0.15) is 9.30 Å². The van der Waals surface area contributed by atoms with Gasteiger partial charge in [-0.2, -0.15) is 0 Å². The van der Waals surface area contributed by atoms with E-state index in [0.29, 0.717) is 3.70 Å². The van der Waals surface area contributed by atoms with Gasteiger partial charge in [-0.1, -0.05) is 0 Å². The maximum atomic E-state index is 11.8. The predicted molar refractivity (Wildman–Crippen MR) is 82.8 cm³/mol. The van der Waals surface area contributed by atoms with Crippen LogP contribution in [0.3, 0.4) is 0 Å². The third-order valence-electron chi connectivity index (χ3n) is 2.00. The number of rotatable bonds is 3. The van der Waals surface area contributed by atoms with Crippen LogP contribution < -0.4 is 5.32 Å². The van der Waals surface area contributed by atoms with E-state index >= 15 is 0 Å². The fourth-order valence-electron chi connectivity index (χ4n) is 1.32. The molecule has 1 heterocycles. The Morgan fingerprint density at radius 1 is 1.40 bits per heavy atom. The van der Waals surface area contributed by atoms with E-state index in [2.05, 4.69) is 10.3 Å². The van der Waals surface area contributed by atoms with Crippen LogP contribution in [0.4, 0.5) is 10.5 Å². The summed E-state index contributed by atoms with van der Waals surface area (Å²) in [4.78, 5) is 27.6. The van der Waals surface area contributed by atoms with Crippen molar-refractivity contribution < 1.29 is 19.1 Å². The highest BCUT2D eigenvalue weighted by atomic mass is 127. The summed E-state index contributed by atoms with van der Waals surface area (Å²) in [5.41, 5.74) is -0.111. The van der Waals surface area contributed by atoms with Gasteiger partial charge < -0.3 is 9.47 Å². The summed E-state index contributed by atoms with van der Waals surface area (Å²) in [6.45, 7) is 7.23. The quantitative estimate of drug-likeness (QED) is 0.486. The van der Waals surface area contributed by atoms with Crippen LogP contribution in [-0.4, -0.2) is 29.3 Å². The summed E-state index contributed by atoms with van der Waals surface area (Å²) < 4.78 is 10.7. The van der Waals surface area contributed by atoms with Gasteiger partial charge in [0, 0.05) is 0 Å². The number of nitrogens with zero attached hydrogens (tertiary/aromatic N) is 1. The molecule has 110 valence electrons. The lowest BCUT2D eigenvalue weighted by atomic mass is 10.2. The average Bonchev–Trinajstić information content (AvgIpc) is 2.29. The first-order valence-corrected chi connectivity index (χ1v) is 7.13. The van der Waals surface area contributed by atoms with Crippen molar-refractivity contribution >= 4 is 40.3 Å². The van der Waals surface area contributed by atoms with Gasteiger partial charge in [-0.05, 0) is 56.4 Å². The number of aromatic nitrogens is 1. The number of carbonyl (C=O) groups excluding carboxylic acids is 2. The van der Waals surface area contributed by atoms with Crippen LogP contribution in [0.1, 0.15) is 38.1 Å².